The summed E-state index contributed by atoms with van der Waals surface area (Å²) in [6.07, 6.45) is 5.33. The summed E-state index contributed by atoms with van der Waals surface area (Å²) in [4.78, 5) is 13.9. The maximum Gasteiger partial charge on any atom is 0.307 e. The number of hydrogen-bond donors (Lipinski definition) is 0. The lowest BCUT2D eigenvalue weighted by molar-refractivity contribution is -0.142. The molecule has 2 aliphatic rings. The van der Waals surface area contributed by atoms with E-state index in [1.807, 2.05) is 0 Å². The van der Waals surface area contributed by atoms with Gasteiger partial charge in [0.15, 0.2) is 0 Å². The SMILES string of the molecule is COC(=O)CC1CCCCN1CC1CCOC1. The first-order chi connectivity index (χ1) is 8.29. The smallest absolute Gasteiger partial charge is 0.307 e. The van der Waals surface area contributed by atoms with Crippen molar-refractivity contribution in [2.75, 3.05) is 33.4 Å². The van der Waals surface area contributed by atoms with Crippen molar-refractivity contribution in [2.45, 2.75) is 38.1 Å². The van der Waals surface area contributed by atoms with Crippen molar-refractivity contribution in [3.8, 4) is 0 Å². The average molecular weight is 241 g/mol. The molecule has 0 amide bonds. The van der Waals surface area contributed by atoms with Crippen LogP contribution in [-0.2, 0) is 14.3 Å². The summed E-state index contributed by atoms with van der Waals surface area (Å²) in [5, 5.41) is 0. The van der Waals surface area contributed by atoms with Crippen LogP contribution in [0.5, 0.6) is 0 Å². The second-order valence-electron chi connectivity index (χ2n) is 5.15. The van der Waals surface area contributed by atoms with Crippen molar-refractivity contribution in [3.05, 3.63) is 0 Å². The van der Waals surface area contributed by atoms with Crippen molar-refractivity contribution in [2.24, 2.45) is 5.92 Å². The number of hydrogen-bond acceptors (Lipinski definition) is 4. The molecule has 0 radical (unpaired) electrons. The molecular formula is C13H23NO3. The lowest BCUT2D eigenvalue weighted by atomic mass is 9.97. The Labute approximate surface area is 103 Å². The summed E-state index contributed by atoms with van der Waals surface area (Å²) >= 11 is 0. The Morgan fingerprint density at radius 2 is 2.29 bits per heavy atom. The number of rotatable bonds is 4. The molecular weight excluding hydrogens is 218 g/mol. The molecule has 17 heavy (non-hydrogen) atoms. The molecule has 0 aliphatic carbocycles. The Hall–Kier alpha value is -0.610. The summed E-state index contributed by atoms with van der Waals surface area (Å²) in [5.41, 5.74) is 0. The lowest BCUT2D eigenvalue weighted by Gasteiger charge is -2.36. The highest BCUT2D eigenvalue weighted by Crippen LogP contribution is 2.23. The summed E-state index contributed by atoms with van der Waals surface area (Å²) < 4.78 is 10.2. The van der Waals surface area contributed by atoms with Gasteiger partial charge in [-0.2, -0.15) is 0 Å². The Morgan fingerprint density at radius 3 is 3.00 bits per heavy atom. The maximum atomic E-state index is 11.4. The molecule has 0 N–H and O–H groups in total. The average Bonchev–Trinajstić information content (AvgIpc) is 2.84. The third-order valence-corrected chi connectivity index (χ3v) is 3.90. The van der Waals surface area contributed by atoms with Crippen LogP contribution in [0, 0.1) is 5.92 Å². The summed E-state index contributed by atoms with van der Waals surface area (Å²) in [5.74, 6) is 0.581. The topological polar surface area (TPSA) is 38.8 Å². The molecule has 2 saturated heterocycles. The maximum absolute atomic E-state index is 11.4. The van der Waals surface area contributed by atoms with Crippen LogP contribution in [0.2, 0.25) is 0 Å². The fourth-order valence-corrected chi connectivity index (χ4v) is 2.87. The molecule has 0 aromatic heterocycles. The van der Waals surface area contributed by atoms with Gasteiger partial charge in [0.1, 0.15) is 0 Å². The van der Waals surface area contributed by atoms with Gasteiger partial charge in [-0.15, -0.1) is 0 Å². The summed E-state index contributed by atoms with van der Waals surface area (Å²) in [6.45, 7) is 4.00. The van der Waals surface area contributed by atoms with Crippen molar-refractivity contribution in [3.63, 3.8) is 0 Å². The molecule has 2 rings (SSSR count). The fraction of sp³-hybridized carbons (Fsp3) is 0.923. The molecule has 2 atom stereocenters. The highest BCUT2D eigenvalue weighted by molar-refractivity contribution is 5.69. The van der Waals surface area contributed by atoms with E-state index >= 15 is 0 Å². The van der Waals surface area contributed by atoms with E-state index in [0.717, 1.165) is 32.7 Å². The van der Waals surface area contributed by atoms with E-state index in [1.165, 1.54) is 26.4 Å². The second kappa shape index (κ2) is 6.36. The first-order valence-electron chi connectivity index (χ1n) is 6.68. The summed E-state index contributed by atoms with van der Waals surface area (Å²) in [7, 11) is 1.47. The number of likely N-dealkylation sites (tertiary alicyclic amines) is 1. The van der Waals surface area contributed by atoms with E-state index in [4.69, 9.17) is 9.47 Å². The van der Waals surface area contributed by atoms with Crippen LogP contribution in [0.1, 0.15) is 32.1 Å². The Kier molecular flexibility index (Phi) is 4.80. The van der Waals surface area contributed by atoms with Gasteiger partial charge in [-0.25, -0.2) is 0 Å². The van der Waals surface area contributed by atoms with Gasteiger partial charge >= 0.3 is 5.97 Å². The Morgan fingerprint density at radius 1 is 1.41 bits per heavy atom. The molecule has 4 heteroatoms. The van der Waals surface area contributed by atoms with Crippen LogP contribution in [0.15, 0.2) is 0 Å². The first kappa shape index (κ1) is 12.8. The Balaban J connectivity index is 1.84. The van der Waals surface area contributed by atoms with Crippen molar-refractivity contribution in [1.82, 2.24) is 4.90 Å². The Bertz CT molecular complexity index is 251. The number of carbonyl (C=O) groups is 1. The number of nitrogens with zero attached hydrogens (tertiary/aromatic N) is 1. The van der Waals surface area contributed by atoms with E-state index in [1.54, 1.807) is 0 Å². The molecule has 0 aromatic rings. The van der Waals surface area contributed by atoms with Crippen molar-refractivity contribution >= 4 is 5.97 Å². The van der Waals surface area contributed by atoms with Crippen LogP contribution >= 0.6 is 0 Å². The third-order valence-electron chi connectivity index (χ3n) is 3.90. The third kappa shape index (κ3) is 3.68. The van der Waals surface area contributed by atoms with Crippen molar-refractivity contribution < 1.29 is 14.3 Å². The molecule has 98 valence electrons. The van der Waals surface area contributed by atoms with E-state index in [-0.39, 0.29) is 5.97 Å². The highest BCUT2D eigenvalue weighted by Gasteiger charge is 2.28. The number of ether oxygens (including phenoxy) is 2. The van der Waals surface area contributed by atoms with Gasteiger partial charge in [0.25, 0.3) is 0 Å². The number of methoxy groups -OCH3 is 1. The first-order valence-corrected chi connectivity index (χ1v) is 6.68. The van der Waals surface area contributed by atoms with Gasteiger partial charge in [0, 0.05) is 19.2 Å². The molecule has 0 aromatic carbocycles. The zero-order valence-corrected chi connectivity index (χ0v) is 10.7. The molecule has 0 spiro atoms. The van der Waals surface area contributed by atoms with Crippen LogP contribution < -0.4 is 0 Å². The minimum Gasteiger partial charge on any atom is -0.469 e. The van der Waals surface area contributed by atoms with Crippen LogP contribution in [0.25, 0.3) is 0 Å². The zero-order valence-electron chi connectivity index (χ0n) is 10.7. The van der Waals surface area contributed by atoms with Gasteiger partial charge in [0.2, 0.25) is 0 Å². The largest absolute Gasteiger partial charge is 0.469 e. The van der Waals surface area contributed by atoms with Gasteiger partial charge in [-0.1, -0.05) is 6.42 Å². The fourth-order valence-electron chi connectivity index (χ4n) is 2.87. The standard InChI is InChI=1S/C13H23NO3/c1-16-13(15)8-12-4-2-3-6-14(12)9-11-5-7-17-10-11/h11-12H,2-10H2,1H3. The van der Waals surface area contributed by atoms with E-state index in [0.29, 0.717) is 18.4 Å². The highest BCUT2D eigenvalue weighted by atomic mass is 16.5. The van der Waals surface area contributed by atoms with Gasteiger partial charge < -0.3 is 9.47 Å². The molecule has 4 nitrogen and oxygen atoms in total. The monoisotopic (exact) mass is 241 g/mol. The predicted molar refractivity (Wildman–Crippen MR) is 64.8 cm³/mol. The number of esters is 1. The molecule has 2 heterocycles. The van der Waals surface area contributed by atoms with Crippen molar-refractivity contribution in [1.29, 1.82) is 0 Å². The van der Waals surface area contributed by atoms with Gasteiger partial charge in [0.05, 0.1) is 20.1 Å². The van der Waals surface area contributed by atoms with Crippen LogP contribution in [-0.4, -0.2) is 50.3 Å². The van der Waals surface area contributed by atoms with Crippen LogP contribution in [0.4, 0.5) is 0 Å². The van der Waals surface area contributed by atoms with Crippen LogP contribution in [0.3, 0.4) is 0 Å². The summed E-state index contributed by atoms with van der Waals surface area (Å²) in [6, 6.07) is 0.386. The predicted octanol–water partition coefficient (Wildman–Crippen LogP) is 1.44. The molecule has 2 unspecified atom stereocenters. The molecule has 2 fully saturated rings. The minimum absolute atomic E-state index is 0.0791. The minimum atomic E-state index is -0.0791. The van der Waals surface area contributed by atoms with E-state index < -0.39 is 0 Å². The lowest BCUT2D eigenvalue weighted by Crippen LogP contribution is -2.43. The number of piperidine rings is 1. The van der Waals surface area contributed by atoms with Gasteiger partial charge in [-0.3, -0.25) is 9.69 Å². The quantitative estimate of drug-likeness (QED) is 0.698. The number of carbonyl (C=O) groups excluding carboxylic acids is 1. The molecule has 0 bridgehead atoms. The van der Waals surface area contributed by atoms with Gasteiger partial charge in [-0.05, 0) is 31.7 Å². The zero-order chi connectivity index (χ0) is 12.1. The van der Waals surface area contributed by atoms with E-state index in [9.17, 15) is 4.79 Å². The normalized spacial score (nSPS) is 30.4. The molecule has 0 saturated carbocycles. The second-order valence-corrected chi connectivity index (χ2v) is 5.15. The van der Waals surface area contributed by atoms with E-state index in [2.05, 4.69) is 4.90 Å². The molecule has 2 aliphatic heterocycles.